The van der Waals surface area contributed by atoms with Gasteiger partial charge in [-0.15, -0.1) is 0 Å². The van der Waals surface area contributed by atoms with Gasteiger partial charge in [0.15, 0.2) is 0 Å². The topological polar surface area (TPSA) is 68.2 Å². The van der Waals surface area contributed by atoms with Crippen LogP contribution in [0.1, 0.15) is 5.56 Å². The normalized spacial score (nSPS) is 9.92. The Labute approximate surface area is 80.6 Å². The van der Waals surface area contributed by atoms with E-state index in [2.05, 4.69) is 0 Å². The first-order valence-electron chi connectivity index (χ1n) is 3.77. The molecule has 0 fully saturated rings. The van der Waals surface area contributed by atoms with Crippen molar-refractivity contribution >= 4 is 17.2 Å². The van der Waals surface area contributed by atoms with Gasteiger partial charge in [-0.2, -0.15) is 0 Å². The smallest absolute Gasteiger partial charge is 0.260 e. The summed E-state index contributed by atoms with van der Waals surface area (Å²) in [4.78, 5) is 11.6. The lowest BCUT2D eigenvalue weighted by atomic mass is 10.3. The van der Waals surface area contributed by atoms with Crippen molar-refractivity contribution in [2.45, 2.75) is 6.54 Å². The minimum Gasteiger partial charge on any atom is -0.395 e. The van der Waals surface area contributed by atoms with E-state index in [1.165, 1.54) is 4.57 Å². The molecule has 0 bridgehead atoms. The third kappa shape index (κ3) is 2.13. The highest BCUT2D eigenvalue weighted by Crippen LogP contribution is 1.91. The van der Waals surface area contributed by atoms with Crippen LogP contribution in [-0.4, -0.2) is 21.3 Å². The van der Waals surface area contributed by atoms with Gasteiger partial charge in [-0.3, -0.25) is 4.79 Å². The Kier molecular flexibility index (Phi) is 3.16. The van der Waals surface area contributed by atoms with Crippen LogP contribution in [0.2, 0.25) is 0 Å². The van der Waals surface area contributed by atoms with Gasteiger partial charge in [-0.05, 0) is 12.1 Å². The van der Waals surface area contributed by atoms with Crippen LogP contribution in [0, 0.1) is 0 Å². The van der Waals surface area contributed by atoms with E-state index < -0.39 is 0 Å². The molecule has 0 aliphatic heterocycles. The van der Waals surface area contributed by atoms with Gasteiger partial charge in [0.25, 0.3) is 5.56 Å². The number of hydrogen-bond donors (Lipinski definition) is 2. The molecule has 3 N–H and O–H groups in total. The van der Waals surface area contributed by atoms with E-state index >= 15 is 0 Å². The van der Waals surface area contributed by atoms with Crippen molar-refractivity contribution in [2.75, 3.05) is 6.61 Å². The Bertz CT molecular complexity index is 373. The summed E-state index contributed by atoms with van der Waals surface area (Å²) in [5, 5.41) is 8.65. The van der Waals surface area contributed by atoms with Crippen LogP contribution in [-0.2, 0) is 6.54 Å². The summed E-state index contributed by atoms with van der Waals surface area (Å²) in [5.41, 5.74) is 5.39. The summed E-state index contributed by atoms with van der Waals surface area (Å²) in [6.45, 7) is 0.177. The second kappa shape index (κ2) is 4.15. The maximum atomic E-state index is 11.5. The maximum Gasteiger partial charge on any atom is 0.260 e. The summed E-state index contributed by atoms with van der Waals surface area (Å²) >= 11 is 4.70. The predicted octanol–water partition coefficient (Wildman–Crippen LogP) is -0.525. The number of aliphatic hydroxyl groups excluding tert-OH is 1. The van der Waals surface area contributed by atoms with E-state index in [1.54, 1.807) is 18.3 Å². The second-order valence-electron chi connectivity index (χ2n) is 2.51. The molecule has 1 aromatic heterocycles. The van der Waals surface area contributed by atoms with E-state index in [4.69, 9.17) is 23.1 Å². The van der Waals surface area contributed by atoms with Crippen molar-refractivity contribution in [3.05, 3.63) is 34.2 Å². The van der Waals surface area contributed by atoms with Crippen molar-refractivity contribution in [3.8, 4) is 0 Å². The van der Waals surface area contributed by atoms with Gasteiger partial charge in [-0.25, -0.2) is 0 Å². The molecular weight excluding hydrogens is 188 g/mol. The molecule has 5 heteroatoms. The summed E-state index contributed by atoms with van der Waals surface area (Å²) in [7, 11) is 0. The summed E-state index contributed by atoms with van der Waals surface area (Å²) < 4.78 is 1.37. The molecule has 13 heavy (non-hydrogen) atoms. The van der Waals surface area contributed by atoms with Crippen molar-refractivity contribution in [1.29, 1.82) is 0 Å². The fraction of sp³-hybridized carbons (Fsp3) is 0.250. The predicted molar refractivity (Wildman–Crippen MR) is 53.7 cm³/mol. The van der Waals surface area contributed by atoms with Crippen LogP contribution in [0.15, 0.2) is 23.1 Å². The highest BCUT2D eigenvalue weighted by molar-refractivity contribution is 7.80. The van der Waals surface area contributed by atoms with Crippen LogP contribution < -0.4 is 11.3 Å². The first-order chi connectivity index (χ1) is 6.16. The van der Waals surface area contributed by atoms with Gasteiger partial charge < -0.3 is 15.4 Å². The molecule has 0 saturated carbocycles. The first-order valence-corrected chi connectivity index (χ1v) is 4.17. The summed E-state index contributed by atoms with van der Waals surface area (Å²) in [6.07, 6.45) is 1.58. The minimum atomic E-state index is -0.260. The molecule has 0 unspecified atom stereocenters. The molecule has 70 valence electrons. The number of aliphatic hydroxyl groups is 1. The SMILES string of the molecule is NC(=S)c1cccn(CCO)c1=O. The van der Waals surface area contributed by atoms with E-state index in [-0.39, 0.29) is 23.7 Å². The van der Waals surface area contributed by atoms with Gasteiger partial charge in [0.05, 0.1) is 12.2 Å². The van der Waals surface area contributed by atoms with Crippen LogP contribution in [0.25, 0.3) is 0 Å². The highest BCUT2D eigenvalue weighted by atomic mass is 32.1. The van der Waals surface area contributed by atoms with Gasteiger partial charge in [-0.1, -0.05) is 12.2 Å². The van der Waals surface area contributed by atoms with Gasteiger partial charge in [0, 0.05) is 12.7 Å². The largest absolute Gasteiger partial charge is 0.395 e. The lowest BCUT2D eigenvalue weighted by Crippen LogP contribution is -2.29. The molecule has 1 heterocycles. The molecule has 0 radical (unpaired) electrons. The van der Waals surface area contributed by atoms with Crippen molar-refractivity contribution in [1.82, 2.24) is 4.57 Å². The van der Waals surface area contributed by atoms with Crippen LogP contribution >= 0.6 is 12.2 Å². The van der Waals surface area contributed by atoms with Crippen molar-refractivity contribution in [3.63, 3.8) is 0 Å². The number of rotatable bonds is 3. The van der Waals surface area contributed by atoms with Crippen LogP contribution in [0.3, 0.4) is 0 Å². The molecule has 0 aromatic carbocycles. The van der Waals surface area contributed by atoms with Crippen LogP contribution in [0.4, 0.5) is 0 Å². The third-order valence-corrected chi connectivity index (χ3v) is 1.85. The third-order valence-electron chi connectivity index (χ3n) is 1.63. The van der Waals surface area contributed by atoms with E-state index in [1.807, 2.05) is 0 Å². The Morgan fingerprint density at radius 2 is 2.38 bits per heavy atom. The number of aromatic nitrogens is 1. The Morgan fingerprint density at radius 1 is 1.69 bits per heavy atom. The molecule has 0 atom stereocenters. The molecule has 4 nitrogen and oxygen atoms in total. The molecular formula is C8H10N2O2S. The first kappa shape index (κ1) is 9.88. The number of thiocarbonyl (C=S) groups is 1. The molecule has 0 aliphatic rings. The Balaban J connectivity index is 3.19. The monoisotopic (exact) mass is 198 g/mol. The zero-order valence-electron chi connectivity index (χ0n) is 6.93. The lowest BCUT2D eigenvalue weighted by Gasteiger charge is -2.04. The molecule has 1 rings (SSSR count). The quantitative estimate of drug-likeness (QED) is 0.641. The van der Waals surface area contributed by atoms with E-state index in [9.17, 15) is 4.79 Å². The van der Waals surface area contributed by atoms with Crippen molar-refractivity contribution < 1.29 is 5.11 Å². The zero-order chi connectivity index (χ0) is 9.84. The number of nitrogens with zero attached hydrogens (tertiary/aromatic N) is 1. The van der Waals surface area contributed by atoms with Crippen LogP contribution in [0.5, 0.6) is 0 Å². The minimum absolute atomic E-state index is 0.0808. The Morgan fingerprint density at radius 3 is 2.92 bits per heavy atom. The molecule has 0 aliphatic carbocycles. The molecule has 0 amide bonds. The number of pyridine rings is 1. The molecule has 0 saturated heterocycles. The maximum absolute atomic E-state index is 11.5. The molecule has 0 spiro atoms. The number of hydrogen-bond acceptors (Lipinski definition) is 3. The fourth-order valence-electron chi connectivity index (χ4n) is 1.01. The van der Waals surface area contributed by atoms with Gasteiger partial charge in [0.2, 0.25) is 0 Å². The van der Waals surface area contributed by atoms with Gasteiger partial charge >= 0.3 is 0 Å². The lowest BCUT2D eigenvalue weighted by molar-refractivity contribution is 0.274. The second-order valence-corrected chi connectivity index (χ2v) is 2.95. The standard InChI is InChI=1S/C8H10N2O2S/c9-7(13)6-2-1-3-10(4-5-11)8(6)12/h1-3,11H,4-5H2,(H2,9,13). The summed E-state index contributed by atoms with van der Waals surface area (Å²) in [5.74, 6) is 0. The summed E-state index contributed by atoms with van der Waals surface area (Å²) in [6, 6.07) is 3.24. The van der Waals surface area contributed by atoms with E-state index in [0.717, 1.165) is 0 Å². The number of nitrogens with two attached hydrogens (primary N) is 1. The zero-order valence-corrected chi connectivity index (χ0v) is 7.75. The Hall–Kier alpha value is -1.20. The average molecular weight is 198 g/mol. The van der Waals surface area contributed by atoms with Crippen molar-refractivity contribution in [2.24, 2.45) is 5.73 Å². The fourth-order valence-corrected chi connectivity index (χ4v) is 1.16. The molecule has 1 aromatic rings. The average Bonchev–Trinajstić information content (AvgIpc) is 2.08. The van der Waals surface area contributed by atoms with E-state index in [0.29, 0.717) is 5.56 Å². The highest BCUT2D eigenvalue weighted by Gasteiger charge is 2.03. The van der Waals surface area contributed by atoms with Gasteiger partial charge in [0.1, 0.15) is 4.99 Å².